The van der Waals surface area contributed by atoms with E-state index in [1.165, 1.54) is 0 Å². The second-order valence-corrected chi connectivity index (χ2v) is 6.10. The van der Waals surface area contributed by atoms with Gasteiger partial charge in [-0.05, 0) is 35.7 Å². The van der Waals surface area contributed by atoms with Gasteiger partial charge in [-0.15, -0.1) is 0 Å². The number of benzene rings is 2. The molecule has 27 heavy (non-hydrogen) atoms. The summed E-state index contributed by atoms with van der Waals surface area (Å²) in [6, 6.07) is 19.2. The summed E-state index contributed by atoms with van der Waals surface area (Å²) in [6.07, 6.45) is 4.38. The second-order valence-electron chi connectivity index (χ2n) is 6.10. The van der Waals surface area contributed by atoms with Gasteiger partial charge in [-0.25, -0.2) is 0 Å². The van der Waals surface area contributed by atoms with Crippen molar-refractivity contribution in [2.75, 3.05) is 13.1 Å². The number of aromatic nitrogens is 2. The first-order valence-corrected chi connectivity index (χ1v) is 8.90. The van der Waals surface area contributed by atoms with Crippen LogP contribution in [-0.2, 0) is 11.3 Å². The van der Waals surface area contributed by atoms with Crippen LogP contribution in [0.4, 0.5) is 0 Å². The van der Waals surface area contributed by atoms with Crippen LogP contribution in [0.25, 0.3) is 11.1 Å². The van der Waals surface area contributed by atoms with E-state index in [0.717, 1.165) is 24.1 Å². The van der Waals surface area contributed by atoms with Crippen molar-refractivity contribution in [1.29, 1.82) is 0 Å². The zero-order chi connectivity index (χ0) is 18.9. The molecule has 0 saturated carbocycles. The minimum absolute atomic E-state index is 0.0406. The Morgan fingerprint density at radius 3 is 2.33 bits per heavy atom. The summed E-state index contributed by atoms with van der Waals surface area (Å²) < 4.78 is 1.81. The van der Waals surface area contributed by atoms with Crippen LogP contribution in [-0.4, -0.2) is 34.7 Å². The largest absolute Gasteiger partial charge is 0.355 e. The number of nitrogens with zero attached hydrogens (tertiary/aromatic N) is 2. The quantitative estimate of drug-likeness (QED) is 0.605. The first-order valence-electron chi connectivity index (χ1n) is 8.90. The third-order valence-corrected chi connectivity index (χ3v) is 4.11. The summed E-state index contributed by atoms with van der Waals surface area (Å²) in [5.74, 6) is -0.467. The van der Waals surface area contributed by atoms with Gasteiger partial charge in [0.25, 0.3) is 5.91 Å². The highest BCUT2D eigenvalue weighted by atomic mass is 16.2. The van der Waals surface area contributed by atoms with E-state index in [1.54, 1.807) is 18.3 Å². The summed E-state index contributed by atoms with van der Waals surface area (Å²) >= 11 is 0. The van der Waals surface area contributed by atoms with Gasteiger partial charge in [0.05, 0.1) is 6.54 Å². The molecule has 0 radical (unpaired) electrons. The minimum atomic E-state index is -0.263. The van der Waals surface area contributed by atoms with Gasteiger partial charge in [0.15, 0.2) is 0 Å². The fourth-order valence-electron chi connectivity index (χ4n) is 2.67. The molecule has 0 aliphatic rings. The molecule has 0 aliphatic heterocycles. The van der Waals surface area contributed by atoms with Gasteiger partial charge in [0, 0.05) is 31.0 Å². The lowest BCUT2D eigenvalue weighted by molar-refractivity contribution is -0.120. The standard InChI is InChI=1S/C21H22N4O2/c26-20(22-12-4-14-25-15-5-13-24-25)16-23-21(27)19-10-8-18(9-11-19)17-6-2-1-3-7-17/h1-3,5-11,13,15H,4,12,14,16H2,(H,22,26)(H,23,27). The fraction of sp³-hybridized carbons (Fsp3) is 0.190. The van der Waals surface area contributed by atoms with E-state index in [4.69, 9.17) is 0 Å². The molecule has 0 saturated heterocycles. The Morgan fingerprint density at radius 2 is 1.63 bits per heavy atom. The molecular formula is C21H22N4O2. The summed E-state index contributed by atoms with van der Waals surface area (Å²) in [5.41, 5.74) is 2.67. The van der Waals surface area contributed by atoms with Crippen molar-refractivity contribution in [2.24, 2.45) is 0 Å². The normalized spacial score (nSPS) is 10.4. The lowest BCUT2D eigenvalue weighted by atomic mass is 10.0. The van der Waals surface area contributed by atoms with E-state index in [-0.39, 0.29) is 18.4 Å². The second kappa shape index (κ2) is 9.33. The first kappa shape index (κ1) is 18.4. The zero-order valence-electron chi connectivity index (χ0n) is 15.0. The van der Waals surface area contributed by atoms with Crippen LogP contribution in [0, 0.1) is 0 Å². The van der Waals surface area contributed by atoms with Crippen molar-refractivity contribution in [1.82, 2.24) is 20.4 Å². The molecular weight excluding hydrogens is 340 g/mol. The Morgan fingerprint density at radius 1 is 0.889 bits per heavy atom. The van der Waals surface area contributed by atoms with Gasteiger partial charge in [-0.1, -0.05) is 42.5 Å². The van der Waals surface area contributed by atoms with Crippen molar-refractivity contribution < 1.29 is 9.59 Å². The highest BCUT2D eigenvalue weighted by Crippen LogP contribution is 2.19. The molecule has 2 aromatic carbocycles. The number of carbonyl (C=O) groups excluding carboxylic acids is 2. The molecule has 3 rings (SSSR count). The van der Waals surface area contributed by atoms with E-state index in [2.05, 4.69) is 15.7 Å². The van der Waals surface area contributed by atoms with E-state index < -0.39 is 0 Å². The summed E-state index contributed by atoms with van der Waals surface area (Å²) in [6.45, 7) is 1.24. The maximum absolute atomic E-state index is 12.2. The van der Waals surface area contributed by atoms with Gasteiger partial charge in [-0.3, -0.25) is 14.3 Å². The van der Waals surface area contributed by atoms with Crippen LogP contribution in [0.2, 0.25) is 0 Å². The smallest absolute Gasteiger partial charge is 0.251 e. The minimum Gasteiger partial charge on any atom is -0.355 e. The molecule has 1 heterocycles. The number of carbonyl (C=O) groups is 2. The third kappa shape index (κ3) is 5.54. The molecule has 2 N–H and O–H groups in total. The van der Waals surface area contributed by atoms with E-state index in [1.807, 2.05) is 59.4 Å². The van der Waals surface area contributed by atoms with Crippen LogP contribution in [0.1, 0.15) is 16.8 Å². The lowest BCUT2D eigenvalue weighted by Crippen LogP contribution is -2.37. The van der Waals surface area contributed by atoms with Crippen LogP contribution >= 0.6 is 0 Å². The van der Waals surface area contributed by atoms with Crippen LogP contribution in [0.3, 0.4) is 0 Å². The summed E-state index contributed by atoms with van der Waals surface area (Å²) in [5, 5.41) is 9.53. The molecule has 0 fully saturated rings. The summed E-state index contributed by atoms with van der Waals surface area (Å²) in [7, 11) is 0. The topological polar surface area (TPSA) is 76.0 Å². The van der Waals surface area contributed by atoms with Crippen molar-refractivity contribution in [3.63, 3.8) is 0 Å². The Kier molecular flexibility index (Phi) is 6.35. The van der Waals surface area contributed by atoms with E-state index >= 15 is 0 Å². The van der Waals surface area contributed by atoms with Gasteiger partial charge < -0.3 is 10.6 Å². The Labute approximate surface area is 158 Å². The average Bonchev–Trinajstić information content (AvgIpc) is 3.24. The number of hydrogen-bond acceptors (Lipinski definition) is 3. The Hall–Kier alpha value is -3.41. The van der Waals surface area contributed by atoms with Crippen LogP contribution < -0.4 is 10.6 Å². The maximum Gasteiger partial charge on any atom is 0.251 e. The average molecular weight is 362 g/mol. The molecule has 0 aliphatic carbocycles. The molecule has 0 atom stereocenters. The van der Waals surface area contributed by atoms with Crippen LogP contribution in [0.5, 0.6) is 0 Å². The molecule has 1 aromatic heterocycles. The molecule has 0 spiro atoms. The molecule has 138 valence electrons. The van der Waals surface area contributed by atoms with Gasteiger partial charge in [-0.2, -0.15) is 5.10 Å². The monoisotopic (exact) mass is 362 g/mol. The third-order valence-electron chi connectivity index (χ3n) is 4.11. The van der Waals surface area contributed by atoms with Crippen molar-refractivity contribution >= 4 is 11.8 Å². The number of amides is 2. The molecule has 0 bridgehead atoms. The summed E-state index contributed by atoms with van der Waals surface area (Å²) in [4.78, 5) is 24.0. The van der Waals surface area contributed by atoms with E-state index in [0.29, 0.717) is 12.1 Å². The number of nitrogens with one attached hydrogen (secondary N) is 2. The SMILES string of the molecule is O=C(CNC(=O)c1ccc(-c2ccccc2)cc1)NCCCn1cccn1. The van der Waals surface area contributed by atoms with Crippen LogP contribution in [0.15, 0.2) is 73.1 Å². The van der Waals surface area contributed by atoms with Gasteiger partial charge in [0.1, 0.15) is 0 Å². The zero-order valence-corrected chi connectivity index (χ0v) is 15.0. The van der Waals surface area contributed by atoms with Crippen molar-refractivity contribution in [2.45, 2.75) is 13.0 Å². The highest BCUT2D eigenvalue weighted by Gasteiger charge is 2.08. The first-order chi connectivity index (χ1) is 13.2. The number of aryl methyl sites for hydroxylation is 1. The molecule has 3 aromatic rings. The Bertz CT molecular complexity index is 859. The fourth-order valence-corrected chi connectivity index (χ4v) is 2.67. The Balaban J connectivity index is 1.40. The number of hydrogen-bond donors (Lipinski definition) is 2. The van der Waals surface area contributed by atoms with Gasteiger partial charge in [0.2, 0.25) is 5.91 Å². The molecule has 2 amide bonds. The maximum atomic E-state index is 12.2. The number of rotatable bonds is 8. The van der Waals surface area contributed by atoms with E-state index in [9.17, 15) is 9.59 Å². The molecule has 6 heteroatoms. The lowest BCUT2D eigenvalue weighted by Gasteiger charge is -2.08. The highest BCUT2D eigenvalue weighted by molar-refractivity contribution is 5.96. The predicted molar refractivity (Wildman–Crippen MR) is 104 cm³/mol. The van der Waals surface area contributed by atoms with Crippen molar-refractivity contribution in [3.05, 3.63) is 78.6 Å². The van der Waals surface area contributed by atoms with Crippen molar-refractivity contribution in [3.8, 4) is 11.1 Å². The predicted octanol–water partition coefficient (Wildman–Crippen LogP) is 2.49. The molecule has 6 nitrogen and oxygen atoms in total. The van der Waals surface area contributed by atoms with Gasteiger partial charge >= 0.3 is 0 Å². The molecule has 0 unspecified atom stereocenters.